The lowest BCUT2D eigenvalue weighted by molar-refractivity contribution is -0.139. The fraction of sp³-hybridized carbons (Fsp3) is 0.500. The van der Waals surface area contributed by atoms with E-state index in [4.69, 9.17) is 5.11 Å². The minimum absolute atomic E-state index is 0.0919. The predicted molar refractivity (Wildman–Crippen MR) is 130 cm³/mol. The van der Waals surface area contributed by atoms with Gasteiger partial charge in [0, 0.05) is 18.0 Å². The molecule has 1 aliphatic rings. The fourth-order valence-electron chi connectivity index (χ4n) is 4.46. The summed E-state index contributed by atoms with van der Waals surface area (Å²) in [5.41, 5.74) is 2.05. The molecule has 1 fully saturated rings. The molecule has 0 radical (unpaired) electrons. The number of aliphatic carboxylic acids is 1. The maximum Gasteiger partial charge on any atom is 0.305 e. The number of benzene rings is 1. The van der Waals surface area contributed by atoms with Gasteiger partial charge in [-0.05, 0) is 49.1 Å². The van der Waals surface area contributed by atoms with Gasteiger partial charge < -0.3 is 20.6 Å². The van der Waals surface area contributed by atoms with Gasteiger partial charge in [0.25, 0.3) is 5.91 Å². The van der Waals surface area contributed by atoms with Gasteiger partial charge in [-0.25, -0.2) is 9.07 Å². The van der Waals surface area contributed by atoms with E-state index in [0.29, 0.717) is 16.9 Å². The molecule has 2 aromatic rings. The zero-order valence-electron chi connectivity index (χ0n) is 20.2. The summed E-state index contributed by atoms with van der Waals surface area (Å²) in [5.74, 6) is -1.92. The molecule has 0 aliphatic heterocycles. The normalized spacial score (nSPS) is 16.5. The molecule has 8 nitrogen and oxygen atoms in total. The van der Waals surface area contributed by atoms with E-state index in [-0.39, 0.29) is 30.0 Å². The van der Waals surface area contributed by atoms with E-state index >= 15 is 0 Å². The highest BCUT2D eigenvalue weighted by molar-refractivity contribution is 5.95. The molecule has 1 aromatic carbocycles. The number of carbonyl (C=O) groups is 2. The number of carbonyl (C=O) groups excluding carboxylic acids is 1. The van der Waals surface area contributed by atoms with Crippen LogP contribution in [0.3, 0.4) is 0 Å². The molecule has 190 valence electrons. The van der Waals surface area contributed by atoms with E-state index in [2.05, 4.69) is 10.4 Å². The van der Waals surface area contributed by atoms with E-state index in [1.54, 1.807) is 22.9 Å². The number of carboxylic acids is 1. The molecule has 9 heteroatoms. The van der Waals surface area contributed by atoms with Crippen LogP contribution in [-0.2, 0) is 4.79 Å². The lowest BCUT2D eigenvalue weighted by Crippen LogP contribution is -2.36. The van der Waals surface area contributed by atoms with E-state index < -0.39 is 30.4 Å². The largest absolute Gasteiger partial charge is 0.481 e. The van der Waals surface area contributed by atoms with E-state index in [0.717, 1.165) is 25.7 Å². The Balaban J connectivity index is 1.97. The number of amides is 1. The second kappa shape index (κ2) is 12.1. The Morgan fingerprint density at radius 3 is 2.43 bits per heavy atom. The van der Waals surface area contributed by atoms with E-state index in [1.165, 1.54) is 24.6 Å². The number of aliphatic hydroxyl groups excluding tert-OH is 2. The molecule has 3 rings (SSSR count). The number of hydrogen-bond acceptors (Lipinski definition) is 5. The fourth-order valence-corrected chi connectivity index (χ4v) is 4.46. The first-order valence-corrected chi connectivity index (χ1v) is 12.1. The maximum absolute atomic E-state index is 13.6. The van der Waals surface area contributed by atoms with Crippen LogP contribution in [0.2, 0.25) is 0 Å². The van der Waals surface area contributed by atoms with Crippen molar-refractivity contribution in [3.63, 3.8) is 0 Å². The Morgan fingerprint density at radius 2 is 1.83 bits per heavy atom. The van der Waals surface area contributed by atoms with Gasteiger partial charge >= 0.3 is 5.97 Å². The lowest BCUT2D eigenvalue weighted by Gasteiger charge is -2.22. The van der Waals surface area contributed by atoms with Crippen molar-refractivity contribution in [2.75, 3.05) is 0 Å². The molecule has 4 N–H and O–H groups in total. The van der Waals surface area contributed by atoms with Crippen LogP contribution >= 0.6 is 0 Å². The highest BCUT2D eigenvalue weighted by Gasteiger charge is 2.27. The number of aliphatic hydroxyl groups is 2. The van der Waals surface area contributed by atoms with Crippen molar-refractivity contribution in [2.45, 2.75) is 83.0 Å². The second-order valence-electron chi connectivity index (χ2n) is 9.41. The Morgan fingerprint density at radius 1 is 1.17 bits per heavy atom. The first-order valence-electron chi connectivity index (χ1n) is 12.1. The highest BCUT2D eigenvalue weighted by atomic mass is 19.1. The minimum Gasteiger partial charge on any atom is -0.481 e. The summed E-state index contributed by atoms with van der Waals surface area (Å²) in [7, 11) is 0. The van der Waals surface area contributed by atoms with Gasteiger partial charge in [0.1, 0.15) is 5.82 Å². The van der Waals surface area contributed by atoms with Gasteiger partial charge in [0.2, 0.25) is 0 Å². The van der Waals surface area contributed by atoms with E-state index in [1.807, 2.05) is 13.8 Å². The molecule has 1 aromatic heterocycles. The molecule has 1 saturated carbocycles. The average Bonchev–Trinajstić information content (AvgIpc) is 3.18. The summed E-state index contributed by atoms with van der Waals surface area (Å²) in [4.78, 5) is 24.1. The van der Waals surface area contributed by atoms with Crippen LogP contribution in [0.15, 0.2) is 30.3 Å². The first-order chi connectivity index (χ1) is 16.7. The van der Waals surface area contributed by atoms with Crippen molar-refractivity contribution in [3.8, 4) is 5.69 Å². The third-order valence-corrected chi connectivity index (χ3v) is 6.16. The summed E-state index contributed by atoms with van der Waals surface area (Å²) < 4.78 is 15.1. The number of nitrogens with zero attached hydrogens (tertiary/aromatic N) is 2. The third kappa shape index (κ3) is 7.22. The first kappa shape index (κ1) is 26.6. The number of aromatic nitrogens is 2. The van der Waals surface area contributed by atoms with Gasteiger partial charge in [-0.3, -0.25) is 9.59 Å². The molecule has 0 bridgehead atoms. The summed E-state index contributed by atoms with van der Waals surface area (Å²) in [6, 6.07) is 5.82. The number of carboxylic acid groups (broad SMARTS) is 1. The maximum atomic E-state index is 13.6. The molecular weight excluding hydrogens is 453 g/mol. The van der Waals surface area contributed by atoms with E-state index in [9.17, 15) is 24.2 Å². The van der Waals surface area contributed by atoms with Crippen LogP contribution in [0.25, 0.3) is 11.8 Å². The number of nitrogens with one attached hydrogen (secondary N) is 1. The minimum atomic E-state index is -1.20. The van der Waals surface area contributed by atoms with Crippen molar-refractivity contribution in [3.05, 3.63) is 53.1 Å². The van der Waals surface area contributed by atoms with Crippen molar-refractivity contribution < 1.29 is 29.3 Å². The van der Waals surface area contributed by atoms with Crippen molar-refractivity contribution >= 4 is 18.0 Å². The van der Waals surface area contributed by atoms with Crippen LogP contribution in [0, 0.1) is 5.82 Å². The van der Waals surface area contributed by atoms with Crippen LogP contribution in [0.1, 0.15) is 86.5 Å². The summed E-state index contributed by atoms with van der Waals surface area (Å²) in [6.07, 6.45) is 5.30. The number of rotatable bonds is 10. The summed E-state index contributed by atoms with van der Waals surface area (Å²) in [6.45, 7) is 3.88. The zero-order chi connectivity index (χ0) is 25.5. The predicted octanol–water partition coefficient (Wildman–Crippen LogP) is 3.80. The molecule has 2 atom stereocenters. The monoisotopic (exact) mass is 487 g/mol. The Bertz CT molecular complexity index is 1040. The Labute approximate surface area is 204 Å². The molecule has 0 saturated heterocycles. The van der Waals surface area contributed by atoms with Crippen molar-refractivity contribution in [1.82, 2.24) is 15.1 Å². The van der Waals surface area contributed by atoms with Gasteiger partial charge in [0.05, 0.1) is 30.0 Å². The van der Waals surface area contributed by atoms with Crippen molar-refractivity contribution in [1.29, 1.82) is 0 Å². The van der Waals surface area contributed by atoms with Gasteiger partial charge in [0.15, 0.2) is 5.69 Å². The Hall–Kier alpha value is -3.04. The van der Waals surface area contributed by atoms with Crippen LogP contribution in [0.4, 0.5) is 4.39 Å². The van der Waals surface area contributed by atoms with Gasteiger partial charge in [-0.1, -0.05) is 39.2 Å². The summed E-state index contributed by atoms with van der Waals surface area (Å²) in [5, 5.41) is 36.7. The lowest BCUT2D eigenvalue weighted by atomic mass is 9.94. The topological polar surface area (TPSA) is 125 Å². The molecule has 0 spiro atoms. The molecule has 1 heterocycles. The molecule has 0 unspecified atom stereocenters. The van der Waals surface area contributed by atoms with Crippen LogP contribution in [0.5, 0.6) is 0 Å². The highest BCUT2D eigenvalue weighted by Crippen LogP contribution is 2.29. The van der Waals surface area contributed by atoms with Gasteiger partial charge in [-0.2, -0.15) is 5.10 Å². The molecular formula is C26H34FN3O5. The zero-order valence-corrected chi connectivity index (χ0v) is 20.2. The average molecular weight is 488 g/mol. The van der Waals surface area contributed by atoms with Crippen molar-refractivity contribution in [2.24, 2.45) is 0 Å². The van der Waals surface area contributed by atoms with Gasteiger partial charge in [-0.15, -0.1) is 0 Å². The molecule has 1 aliphatic carbocycles. The molecule has 1 amide bonds. The van der Waals surface area contributed by atoms with Crippen LogP contribution < -0.4 is 5.32 Å². The molecule has 35 heavy (non-hydrogen) atoms. The summed E-state index contributed by atoms with van der Waals surface area (Å²) >= 11 is 0. The number of halogens is 1. The quantitative estimate of drug-likeness (QED) is 0.404. The second-order valence-corrected chi connectivity index (χ2v) is 9.41. The SMILES string of the molecule is CC(C)c1c(C(=O)NC2CCCCC2)nn(-c2ccc(F)cc2)c1C=C[C@H](O)C[C@@H](O)CC(=O)O. The van der Waals surface area contributed by atoms with Crippen LogP contribution in [-0.4, -0.2) is 55.2 Å². The Kier molecular flexibility index (Phi) is 9.17. The smallest absolute Gasteiger partial charge is 0.305 e. The number of hydrogen-bond donors (Lipinski definition) is 4. The standard InChI is InChI=1S/C26H34FN3O5/c1-16(2)24-22(13-12-20(31)14-21(32)15-23(33)34)30(19-10-8-17(27)9-11-19)29-25(24)26(35)28-18-6-4-3-5-7-18/h8-13,16,18,20-21,31-32H,3-7,14-15H2,1-2H3,(H,28,35)(H,33,34)/t20-,21+/m0/s1. The third-order valence-electron chi connectivity index (χ3n) is 6.16.